The number of aromatic nitrogens is 1. The minimum Gasteiger partial charge on any atom is -0.355 e. The molecule has 1 amide bonds. The van der Waals surface area contributed by atoms with Crippen molar-refractivity contribution >= 4 is 28.8 Å². The third-order valence-corrected chi connectivity index (χ3v) is 5.91. The van der Waals surface area contributed by atoms with Gasteiger partial charge >= 0.3 is 0 Å². The molecule has 4 rings (SSSR count). The highest BCUT2D eigenvalue weighted by molar-refractivity contribution is 7.19. The number of amides is 1. The van der Waals surface area contributed by atoms with Crippen LogP contribution >= 0.6 is 22.9 Å². The van der Waals surface area contributed by atoms with E-state index in [0.29, 0.717) is 21.8 Å². The molecule has 24 heavy (non-hydrogen) atoms. The van der Waals surface area contributed by atoms with Crippen molar-refractivity contribution in [2.24, 2.45) is 0 Å². The molecule has 0 spiro atoms. The van der Waals surface area contributed by atoms with Crippen LogP contribution in [0.5, 0.6) is 0 Å². The van der Waals surface area contributed by atoms with Crippen molar-refractivity contribution in [3.63, 3.8) is 0 Å². The number of carbonyl (C=O) groups is 1. The van der Waals surface area contributed by atoms with Crippen LogP contribution in [-0.2, 0) is 0 Å². The molecule has 2 aromatic rings. The van der Waals surface area contributed by atoms with E-state index in [4.69, 9.17) is 16.1 Å². The van der Waals surface area contributed by atoms with Crippen LogP contribution in [-0.4, -0.2) is 66.2 Å². The number of rotatable bonds is 3. The summed E-state index contributed by atoms with van der Waals surface area (Å²) in [7, 11) is 0. The van der Waals surface area contributed by atoms with Crippen molar-refractivity contribution in [3.8, 4) is 10.6 Å². The molecule has 6 nitrogen and oxygen atoms in total. The van der Waals surface area contributed by atoms with E-state index >= 15 is 0 Å². The molecule has 2 aromatic heterocycles. The number of thiophene rings is 1. The Morgan fingerprint density at radius 2 is 2.17 bits per heavy atom. The quantitative estimate of drug-likeness (QED) is 0.902. The molecule has 2 aliphatic heterocycles. The first kappa shape index (κ1) is 16.1. The lowest BCUT2D eigenvalue weighted by molar-refractivity contribution is 0.0763. The zero-order chi connectivity index (χ0) is 16.5. The van der Waals surface area contributed by atoms with E-state index in [0.717, 1.165) is 50.6 Å². The molecule has 8 heteroatoms. The summed E-state index contributed by atoms with van der Waals surface area (Å²) in [6.07, 6.45) is 1.02. The summed E-state index contributed by atoms with van der Waals surface area (Å²) in [5, 5.41) is 7.32. The van der Waals surface area contributed by atoms with Crippen LogP contribution in [0.3, 0.4) is 0 Å². The van der Waals surface area contributed by atoms with Gasteiger partial charge in [-0.3, -0.25) is 9.69 Å². The number of hydrogen-bond acceptors (Lipinski definition) is 6. The molecule has 0 aromatic carbocycles. The molecule has 4 heterocycles. The Labute approximate surface area is 149 Å². The molecule has 2 saturated heterocycles. The monoisotopic (exact) mass is 366 g/mol. The zero-order valence-electron chi connectivity index (χ0n) is 13.2. The molecule has 1 atom stereocenters. The Morgan fingerprint density at radius 3 is 2.92 bits per heavy atom. The molecular weight excluding hydrogens is 348 g/mol. The van der Waals surface area contributed by atoms with Gasteiger partial charge < -0.3 is 14.7 Å². The van der Waals surface area contributed by atoms with E-state index < -0.39 is 0 Å². The van der Waals surface area contributed by atoms with Crippen molar-refractivity contribution in [2.45, 2.75) is 12.5 Å². The van der Waals surface area contributed by atoms with Gasteiger partial charge in [-0.2, -0.15) is 0 Å². The number of hydrogen-bond donors (Lipinski definition) is 1. The Kier molecular flexibility index (Phi) is 4.58. The molecule has 1 unspecified atom stereocenters. The number of piperazine rings is 1. The van der Waals surface area contributed by atoms with E-state index in [1.165, 1.54) is 11.3 Å². The second-order valence-corrected chi connectivity index (χ2v) is 7.87. The second kappa shape index (κ2) is 6.84. The summed E-state index contributed by atoms with van der Waals surface area (Å²) < 4.78 is 6.01. The van der Waals surface area contributed by atoms with Crippen LogP contribution in [0.4, 0.5) is 0 Å². The highest BCUT2D eigenvalue weighted by Gasteiger charge is 2.32. The van der Waals surface area contributed by atoms with E-state index in [2.05, 4.69) is 15.4 Å². The topological polar surface area (TPSA) is 61.6 Å². The fourth-order valence-corrected chi connectivity index (χ4v) is 4.36. The largest absolute Gasteiger partial charge is 0.355 e. The maximum Gasteiger partial charge on any atom is 0.276 e. The first-order valence-corrected chi connectivity index (χ1v) is 9.36. The van der Waals surface area contributed by atoms with Gasteiger partial charge in [-0.1, -0.05) is 16.8 Å². The SMILES string of the molecule is O=C(c1cc(-c2ccc(Cl)s2)on1)N1CCC(N2CCNCC2)C1. The van der Waals surface area contributed by atoms with Crippen LogP contribution in [0.2, 0.25) is 4.34 Å². The van der Waals surface area contributed by atoms with Crippen LogP contribution in [0.1, 0.15) is 16.9 Å². The molecule has 0 saturated carbocycles. The minimum absolute atomic E-state index is 0.0507. The summed E-state index contributed by atoms with van der Waals surface area (Å²) in [4.78, 5) is 17.9. The van der Waals surface area contributed by atoms with Gasteiger partial charge in [0.05, 0.1) is 9.21 Å². The number of nitrogens with zero attached hydrogens (tertiary/aromatic N) is 3. The smallest absolute Gasteiger partial charge is 0.276 e. The van der Waals surface area contributed by atoms with Crippen LogP contribution in [0, 0.1) is 0 Å². The van der Waals surface area contributed by atoms with Crippen LogP contribution in [0.25, 0.3) is 10.6 Å². The zero-order valence-corrected chi connectivity index (χ0v) is 14.8. The summed E-state index contributed by atoms with van der Waals surface area (Å²) in [6.45, 7) is 5.72. The van der Waals surface area contributed by atoms with Gasteiger partial charge in [-0.05, 0) is 18.6 Å². The first-order chi connectivity index (χ1) is 11.7. The molecule has 0 radical (unpaired) electrons. The predicted octanol–water partition coefficient (Wildman–Crippen LogP) is 2.18. The summed E-state index contributed by atoms with van der Waals surface area (Å²) in [5.74, 6) is 0.540. The fourth-order valence-electron chi connectivity index (χ4n) is 3.37. The summed E-state index contributed by atoms with van der Waals surface area (Å²) in [6, 6.07) is 5.85. The van der Waals surface area contributed by atoms with E-state index in [9.17, 15) is 4.79 Å². The molecule has 0 aliphatic carbocycles. The number of halogens is 1. The second-order valence-electron chi connectivity index (χ2n) is 6.16. The van der Waals surface area contributed by atoms with Crippen LogP contribution in [0.15, 0.2) is 22.7 Å². The third kappa shape index (κ3) is 3.21. The molecular formula is C16H19ClN4O2S. The fraction of sp³-hybridized carbons (Fsp3) is 0.500. The van der Waals surface area contributed by atoms with Crippen LogP contribution < -0.4 is 5.32 Å². The highest BCUT2D eigenvalue weighted by atomic mass is 35.5. The lowest BCUT2D eigenvalue weighted by atomic mass is 10.2. The minimum atomic E-state index is -0.0507. The van der Waals surface area contributed by atoms with Gasteiger partial charge in [0.15, 0.2) is 11.5 Å². The van der Waals surface area contributed by atoms with Crippen molar-refractivity contribution in [1.82, 2.24) is 20.3 Å². The van der Waals surface area contributed by atoms with Gasteiger partial charge in [0.1, 0.15) is 0 Å². The van der Waals surface area contributed by atoms with E-state index in [1.807, 2.05) is 17.0 Å². The van der Waals surface area contributed by atoms with Gasteiger partial charge in [-0.25, -0.2) is 0 Å². The third-order valence-electron chi connectivity index (χ3n) is 4.66. The van der Waals surface area contributed by atoms with E-state index in [-0.39, 0.29) is 5.91 Å². The van der Waals surface area contributed by atoms with Crippen molar-refractivity contribution < 1.29 is 9.32 Å². The normalized spacial score (nSPS) is 22.2. The molecule has 2 fully saturated rings. The van der Waals surface area contributed by atoms with Crippen molar-refractivity contribution in [3.05, 3.63) is 28.2 Å². The Bertz CT molecular complexity index is 725. The van der Waals surface area contributed by atoms with Crippen molar-refractivity contribution in [1.29, 1.82) is 0 Å². The summed E-state index contributed by atoms with van der Waals surface area (Å²) in [5.41, 5.74) is 0.371. The molecule has 2 aliphatic rings. The maximum atomic E-state index is 12.7. The first-order valence-electron chi connectivity index (χ1n) is 8.17. The molecule has 1 N–H and O–H groups in total. The molecule has 128 valence electrons. The number of carbonyl (C=O) groups excluding carboxylic acids is 1. The van der Waals surface area contributed by atoms with Gasteiger partial charge in [0.2, 0.25) is 0 Å². The Balaban J connectivity index is 1.42. The van der Waals surface area contributed by atoms with E-state index in [1.54, 1.807) is 6.07 Å². The lowest BCUT2D eigenvalue weighted by Gasteiger charge is -2.32. The lowest BCUT2D eigenvalue weighted by Crippen LogP contribution is -2.49. The standard InChI is InChI=1S/C16H19ClN4O2S/c17-15-2-1-14(24-15)13-9-12(19-23-13)16(22)21-6-3-11(10-21)20-7-4-18-5-8-20/h1-2,9,11,18H,3-8,10H2. The average Bonchev–Trinajstić information content (AvgIpc) is 3.35. The van der Waals surface area contributed by atoms with Crippen molar-refractivity contribution in [2.75, 3.05) is 39.3 Å². The Hall–Kier alpha value is -1.41. The van der Waals surface area contributed by atoms with Gasteiger partial charge in [0.25, 0.3) is 5.91 Å². The maximum absolute atomic E-state index is 12.7. The van der Waals surface area contributed by atoms with Gasteiger partial charge in [-0.15, -0.1) is 11.3 Å². The average molecular weight is 367 g/mol. The molecule has 0 bridgehead atoms. The van der Waals surface area contributed by atoms with Gasteiger partial charge in [0, 0.05) is 51.4 Å². The Morgan fingerprint density at radius 1 is 1.33 bits per heavy atom. The summed E-state index contributed by atoms with van der Waals surface area (Å²) >= 11 is 7.36. The predicted molar refractivity (Wildman–Crippen MR) is 93.6 cm³/mol. The highest BCUT2D eigenvalue weighted by Crippen LogP contribution is 2.31. The number of likely N-dealkylation sites (tertiary alicyclic amines) is 1. The number of nitrogens with one attached hydrogen (secondary N) is 1.